The standard InChI is InChI=1S/C25H17N3O5S/c29-22(26-16-4-1-5-17(13-16)27-23(30)21-7-3-11-34-21)15-8-9-19-20(12-15)25(32)28(24(19)31)14-18-6-2-10-33-18/h1-13H,14H2,(H,26,29)(H,27,30). The Labute approximate surface area is 197 Å². The molecule has 0 atom stereocenters. The lowest BCUT2D eigenvalue weighted by Gasteiger charge is -2.11. The lowest BCUT2D eigenvalue weighted by Crippen LogP contribution is -2.28. The van der Waals surface area contributed by atoms with E-state index in [1.54, 1.807) is 48.5 Å². The summed E-state index contributed by atoms with van der Waals surface area (Å²) in [5.74, 6) is -1.12. The van der Waals surface area contributed by atoms with Gasteiger partial charge in [-0.15, -0.1) is 11.3 Å². The third kappa shape index (κ3) is 4.12. The van der Waals surface area contributed by atoms with Crippen LogP contribution in [0.3, 0.4) is 0 Å². The molecule has 8 nitrogen and oxygen atoms in total. The van der Waals surface area contributed by atoms with Crippen molar-refractivity contribution in [3.8, 4) is 0 Å². The number of fused-ring (bicyclic) bond motifs is 1. The minimum atomic E-state index is -0.482. The molecule has 5 rings (SSSR count). The van der Waals surface area contributed by atoms with E-state index in [1.807, 2.05) is 5.38 Å². The van der Waals surface area contributed by atoms with E-state index in [2.05, 4.69) is 10.6 Å². The van der Waals surface area contributed by atoms with E-state index in [-0.39, 0.29) is 29.1 Å². The van der Waals surface area contributed by atoms with Crippen molar-refractivity contribution >= 4 is 46.3 Å². The molecule has 34 heavy (non-hydrogen) atoms. The Morgan fingerprint density at radius 1 is 0.824 bits per heavy atom. The maximum absolute atomic E-state index is 12.8. The van der Waals surface area contributed by atoms with Crippen molar-refractivity contribution in [1.82, 2.24) is 4.90 Å². The third-order valence-electron chi connectivity index (χ3n) is 5.25. The van der Waals surface area contributed by atoms with Gasteiger partial charge in [0.05, 0.1) is 28.8 Å². The second-order valence-corrected chi connectivity index (χ2v) is 8.45. The molecular weight excluding hydrogens is 454 g/mol. The number of hydrogen-bond acceptors (Lipinski definition) is 6. The van der Waals surface area contributed by atoms with Gasteiger partial charge in [0.15, 0.2) is 0 Å². The van der Waals surface area contributed by atoms with Crippen LogP contribution in [0.25, 0.3) is 0 Å². The first-order valence-corrected chi connectivity index (χ1v) is 11.2. The number of furan rings is 1. The first-order valence-electron chi connectivity index (χ1n) is 10.3. The van der Waals surface area contributed by atoms with E-state index < -0.39 is 17.7 Å². The maximum atomic E-state index is 12.8. The van der Waals surface area contributed by atoms with E-state index in [9.17, 15) is 19.2 Å². The summed E-state index contributed by atoms with van der Waals surface area (Å²) in [4.78, 5) is 52.2. The highest BCUT2D eigenvalue weighted by molar-refractivity contribution is 7.12. The van der Waals surface area contributed by atoms with Crippen molar-refractivity contribution in [3.63, 3.8) is 0 Å². The van der Waals surface area contributed by atoms with Crippen LogP contribution < -0.4 is 10.6 Å². The van der Waals surface area contributed by atoms with Crippen LogP contribution in [0, 0.1) is 0 Å². The topological polar surface area (TPSA) is 109 Å². The Balaban J connectivity index is 1.30. The number of amides is 4. The number of thiophene rings is 1. The van der Waals surface area contributed by atoms with Gasteiger partial charge in [-0.3, -0.25) is 24.1 Å². The molecule has 1 aliphatic rings. The smallest absolute Gasteiger partial charge is 0.265 e. The summed E-state index contributed by atoms with van der Waals surface area (Å²) in [6, 6.07) is 18.0. The highest BCUT2D eigenvalue weighted by Crippen LogP contribution is 2.26. The highest BCUT2D eigenvalue weighted by Gasteiger charge is 2.36. The van der Waals surface area contributed by atoms with E-state index in [0.717, 1.165) is 4.90 Å². The van der Waals surface area contributed by atoms with Crippen molar-refractivity contribution in [2.45, 2.75) is 6.54 Å². The molecule has 168 valence electrons. The highest BCUT2D eigenvalue weighted by atomic mass is 32.1. The summed E-state index contributed by atoms with van der Waals surface area (Å²) >= 11 is 1.33. The van der Waals surface area contributed by atoms with Gasteiger partial charge in [-0.05, 0) is 60.0 Å². The van der Waals surface area contributed by atoms with Gasteiger partial charge in [0.2, 0.25) is 0 Å². The zero-order valence-electron chi connectivity index (χ0n) is 17.6. The van der Waals surface area contributed by atoms with Crippen LogP contribution in [-0.4, -0.2) is 28.5 Å². The zero-order chi connectivity index (χ0) is 23.7. The lowest BCUT2D eigenvalue weighted by molar-refractivity contribution is 0.0631. The minimum absolute atomic E-state index is 0.0187. The fourth-order valence-corrected chi connectivity index (χ4v) is 4.23. The first-order chi connectivity index (χ1) is 16.5. The fraction of sp³-hybridized carbons (Fsp3) is 0.0400. The monoisotopic (exact) mass is 471 g/mol. The van der Waals surface area contributed by atoms with Crippen molar-refractivity contribution in [2.24, 2.45) is 0 Å². The number of imide groups is 1. The minimum Gasteiger partial charge on any atom is -0.467 e. The SMILES string of the molecule is O=C(Nc1cccc(NC(=O)c2cccs2)c1)c1ccc2c(c1)C(=O)N(Cc1ccco1)C2=O. The second-order valence-electron chi connectivity index (χ2n) is 7.50. The number of carbonyl (C=O) groups excluding carboxylic acids is 4. The van der Waals surface area contributed by atoms with Crippen molar-refractivity contribution in [2.75, 3.05) is 10.6 Å². The molecule has 0 radical (unpaired) electrons. The number of nitrogens with zero attached hydrogens (tertiary/aromatic N) is 1. The number of carbonyl (C=O) groups is 4. The molecule has 2 aromatic carbocycles. The Morgan fingerprint density at radius 3 is 2.29 bits per heavy atom. The molecule has 1 aliphatic heterocycles. The molecule has 4 aromatic rings. The molecule has 0 aliphatic carbocycles. The summed E-state index contributed by atoms with van der Waals surface area (Å²) in [5.41, 5.74) is 1.64. The molecule has 0 spiro atoms. The molecule has 9 heteroatoms. The van der Waals surface area contributed by atoms with Gasteiger partial charge in [0.25, 0.3) is 23.6 Å². The number of anilines is 2. The Kier molecular flexibility index (Phi) is 5.52. The number of benzene rings is 2. The number of hydrogen-bond donors (Lipinski definition) is 2. The van der Waals surface area contributed by atoms with Crippen LogP contribution in [0.4, 0.5) is 11.4 Å². The predicted molar refractivity (Wildman–Crippen MR) is 126 cm³/mol. The molecule has 2 N–H and O–H groups in total. The predicted octanol–water partition coefficient (Wildman–Crippen LogP) is 4.64. The molecule has 0 bridgehead atoms. The van der Waals surface area contributed by atoms with Gasteiger partial charge in [0.1, 0.15) is 5.76 Å². The summed E-state index contributed by atoms with van der Waals surface area (Å²) < 4.78 is 5.24. The summed E-state index contributed by atoms with van der Waals surface area (Å²) in [7, 11) is 0. The van der Waals surface area contributed by atoms with Gasteiger partial charge < -0.3 is 15.1 Å². The average molecular weight is 471 g/mol. The molecule has 4 amide bonds. The molecule has 3 heterocycles. The van der Waals surface area contributed by atoms with Crippen molar-refractivity contribution < 1.29 is 23.6 Å². The molecule has 0 saturated carbocycles. The van der Waals surface area contributed by atoms with Crippen molar-refractivity contribution in [3.05, 3.63) is 106 Å². The van der Waals surface area contributed by atoms with Crippen LogP contribution in [-0.2, 0) is 6.54 Å². The zero-order valence-corrected chi connectivity index (χ0v) is 18.4. The molecule has 0 saturated heterocycles. The van der Waals surface area contributed by atoms with Crippen LogP contribution in [0.2, 0.25) is 0 Å². The molecule has 2 aromatic heterocycles. The molecule has 0 fully saturated rings. The lowest BCUT2D eigenvalue weighted by atomic mass is 10.1. The van der Waals surface area contributed by atoms with Crippen LogP contribution >= 0.6 is 11.3 Å². The number of rotatable bonds is 6. The maximum Gasteiger partial charge on any atom is 0.265 e. The van der Waals surface area contributed by atoms with Crippen LogP contribution in [0.15, 0.2) is 82.8 Å². The third-order valence-corrected chi connectivity index (χ3v) is 6.12. The first kappa shape index (κ1) is 21.4. The number of nitrogens with one attached hydrogen (secondary N) is 2. The van der Waals surface area contributed by atoms with Crippen LogP contribution in [0.5, 0.6) is 0 Å². The van der Waals surface area contributed by atoms with Gasteiger partial charge in [-0.25, -0.2) is 0 Å². The Hall–Kier alpha value is -4.50. The van der Waals surface area contributed by atoms with Crippen LogP contribution in [0.1, 0.15) is 46.5 Å². The summed E-state index contributed by atoms with van der Waals surface area (Å²) in [5, 5.41) is 7.37. The van der Waals surface area contributed by atoms with Gasteiger partial charge >= 0.3 is 0 Å². The Bertz CT molecular complexity index is 1410. The molecular formula is C25H17N3O5S. The van der Waals surface area contributed by atoms with E-state index in [0.29, 0.717) is 22.0 Å². The normalized spacial score (nSPS) is 12.5. The van der Waals surface area contributed by atoms with Gasteiger partial charge in [-0.1, -0.05) is 12.1 Å². The average Bonchev–Trinajstić information content (AvgIpc) is 3.59. The quantitative estimate of drug-likeness (QED) is 0.398. The van der Waals surface area contributed by atoms with Gasteiger partial charge in [-0.2, -0.15) is 0 Å². The fourth-order valence-electron chi connectivity index (χ4n) is 3.61. The second kappa shape index (κ2) is 8.80. The summed E-state index contributed by atoms with van der Waals surface area (Å²) in [6.07, 6.45) is 1.47. The van der Waals surface area contributed by atoms with Gasteiger partial charge in [0, 0.05) is 16.9 Å². The molecule has 0 unspecified atom stereocenters. The van der Waals surface area contributed by atoms with E-state index in [4.69, 9.17) is 4.42 Å². The van der Waals surface area contributed by atoms with E-state index in [1.165, 1.54) is 35.8 Å². The Morgan fingerprint density at radius 2 is 1.59 bits per heavy atom. The van der Waals surface area contributed by atoms with E-state index >= 15 is 0 Å². The largest absolute Gasteiger partial charge is 0.467 e. The summed E-state index contributed by atoms with van der Waals surface area (Å²) in [6.45, 7) is 0.0187. The van der Waals surface area contributed by atoms with Crippen molar-refractivity contribution in [1.29, 1.82) is 0 Å².